The van der Waals surface area contributed by atoms with Crippen LogP contribution in [0.4, 0.5) is 0 Å². The van der Waals surface area contributed by atoms with Gasteiger partial charge in [0.05, 0.1) is 0 Å². The summed E-state index contributed by atoms with van der Waals surface area (Å²) in [5.41, 5.74) is 1.85. The van der Waals surface area contributed by atoms with Gasteiger partial charge in [0, 0.05) is 19.6 Å². The molecule has 128 valence electrons. The van der Waals surface area contributed by atoms with E-state index in [-0.39, 0.29) is 5.91 Å². The predicted octanol–water partition coefficient (Wildman–Crippen LogP) is 2.76. The maximum Gasteiger partial charge on any atom is 0.276 e. The van der Waals surface area contributed by atoms with Gasteiger partial charge >= 0.3 is 0 Å². The number of benzene rings is 1. The van der Waals surface area contributed by atoms with Crippen LogP contribution in [0.1, 0.15) is 34.7 Å². The third-order valence-electron chi connectivity index (χ3n) is 4.61. The van der Waals surface area contributed by atoms with Gasteiger partial charge < -0.3 is 14.2 Å². The predicted molar refractivity (Wildman–Crippen MR) is 93.0 cm³/mol. The first-order chi connectivity index (χ1) is 11.7. The number of amides is 1. The minimum Gasteiger partial charge on any atom is -0.448 e. The van der Waals surface area contributed by atoms with Crippen LogP contribution < -0.4 is 0 Å². The molecule has 0 unspecified atom stereocenters. The highest BCUT2D eigenvalue weighted by atomic mass is 16.3. The van der Waals surface area contributed by atoms with Gasteiger partial charge in [-0.1, -0.05) is 30.3 Å². The smallest absolute Gasteiger partial charge is 0.276 e. The average Bonchev–Trinajstić information content (AvgIpc) is 2.89. The zero-order valence-electron chi connectivity index (χ0n) is 14.3. The summed E-state index contributed by atoms with van der Waals surface area (Å²) >= 11 is 0. The topological polar surface area (TPSA) is 49.6 Å². The summed E-state index contributed by atoms with van der Waals surface area (Å²) in [6.45, 7) is 6.40. The fourth-order valence-corrected chi connectivity index (χ4v) is 3.21. The molecule has 1 saturated heterocycles. The first-order valence-corrected chi connectivity index (χ1v) is 8.69. The second-order valence-electron chi connectivity index (χ2n) is 6.33. The van der Waals surface area contributed by atoms with Crippen LogP contribution in [0.25, 0.3) is 0 Å². The number of aryl methyl sites for hydroxylation is 2. The van der Waals surface area contributed by atoms with Crippen LogP contribution in [0.3, 0.4) is 0 Å². The molecule has 24 heavy (non-hydrogen) atoms. The van der Waals surface area contributed by atoms with Crippen molar-refractivity contribution in [3.05, 3.63) is 53.7 Å². The molecule has 1 aliphatic heterocycles. The molecule has 2 heterocycles. The molecule has 5 heteroatoms. The van der Waals surface area contributed by atoms with Crippen molar-refractivity contribution < 1.29 is 9.21 Å². The highest BCUT2D eigenvalue weighted by Crippen LogP contribution is 2.12. The molecule has 0 bridgehead atoms. The summed E-state index contributed by atoms with van der Waals surface area (Å²) in [7, 11) is 0. The van der Waals surface area contributed by atoms with Crippen LogP contribution >= 0.6 is 0 Å². The van der Waals surface area contributed by atoms with Crippen molar-refractivity contribution in [2.75, 3.05) is 32.7 Å². The van der Waals surface area contributed by atoms with E-state index in [4.69, 9.17) is 4.42 Å². The molecule has 1 aromatic carbocycles. The van der Waals surface area contributed by atoms with Gasteiger partial charge in [-0.15, -0.1) is 0 Å². The summed E-state index contributed by atoms with van der Waals surface area (Å²) in [6.07, 6.45) is 4.61. The van der Waals surface area contributed by atoms with Crippen LogP contribution in [0, 0.1) is 6.92 Å². The van der Waals surface area contributed by atoms with Gasteiger partial charge in [-0.2, -0.15) is 0 Å². The zero-order valence-corrected chi connectivity index (χ0v) is 14.3. The van der Waals surface area contributed by atoms with Crippen LogP contribution in [0.2, 0.25) is 0 Å². The Labute approximate surface area is 143 Å². The fourth-order valence-electron chi connectivity index (χ4n) is 3.21. The third kappa shape index (κ3) is 4.23. The Bertz CT molecular complexity index is 654. The van der Waals surface area contributed by atoms with E-state index in [0.29, 0.717) is 11.5 Å². The second kappa shape index (κ2) is 8.11. The standard InChI is InChI=1S/C19H25N3O2/c1-16-18(20-15-24-16)19(23)22-12-6-11-21(13-14-22)10-5-9-17-7-3-2-4-8-17/h2-4,7-8,15H,5-6,9-14H2,1H3. The Morgan fingerprint density at radius 1 is 1.17 bits per heavy atom. The normalized spacial score (nSPS) is 16.1. The lowest BCUT2D eigenvalue weighted by Crippen LogP contribution is -2.36. The summed E-state index contributed by atoms with van der Waals surface area (Å²) in [6, 6.07) is 10.6. The molecule has 3 rings (SSSR count). The van der Waals surface area contributed by atoms with E-state index in [1.54, 1.807) is 6.92 Å². The Morgan fingerprint density at radius 3 is 2.75 bits per heavy atom. The number of carbonyl (C=O) groups is 1. The van der Waals surface area contributed by atoms with E-state index in [1.807, 2.05) is 4.90 Å². The second-order valence-corrected chi connectivity index (χ2v) is 6.33. The molecule has 0 spiro atoms. The summed E-state index contributed by atoms with van der Waals surface area (Å²) in [4.78, 5) is 20.9. The Hall–Kier alpha value is -2.14. The van der Waals surface area contributed by atoms with E-state index in [2.05, 4.69) is 40.2 Å². The van der Waals surface area contributed by atoms with Crippen LogP contribution in [0.5, 0.6) is 0 Å². The lowest BCUT2D eigenvalue weighted by atomic mass is 10.1. The van der Waals surface area contributed by atoms with E-state index in [9.17, 15) is 4.79 Å². The number of nitrogens with zero attached hydrogens (tertiary/aromatic N) is 3. The largest absolute Gasteiger partial charge is 0.448 e. The molecule has 0 radical (unpaired) electrons. The Kier molecular flexibility index (Phi) is 5.64. The van der Waals surface area contributed by atoms with Crippen molar-refractivity contribution in [3.8, 4) is 0 Å². The van der Waals surface area contributed by atoms with Crippen molar-refractivity contribution >= 4 is 5.91 Å². The molecule has 1 aromatic heterocycles. The van der Waals surface area contributed by atoms with Gasteiger partial charge in [0.25, 0.3) is 5.91 Å². The fraction of sp³-hybridized carbons (Fsp3) is 0.474. The van der Waals surface area contributed by atoms with Gasteiger partial charge in [-0.3, -0.25) is 4.79 Å². The van der Waals surface area contributed by atoms with E-state index >= 15 is 0 Å². The van der Waals surface area contributed by atoms with Gasteiger partial charge in [-0.25, -0.2) is 4.98 Å². The van der Waals surface area contributed by atoms with Crippen molar-refractivity contribution in [1.82, 2.24) is 14.8 Å². The quantitative estimate of drug-likeness (QED) is 0.847. The van der Waals surface area contributed by atoms with Crippen LogP contribution in [0.15, 0.2) is 41.1 Å². The minimum absolute atomic E-state index is 0.00705. The zero-order chi connectivity index (χ0) is 16.8. The lowest BCUT2D eigenvalue weighted by Gasteiger charge is -2.21. The van der Waals surface area contributed by atoms with Crippen LogP contribution in [-0.4, -0.2) is 53.4 Å². The minimum atomic E-state index is -0.00705. The van der Waals surface area contributed by atoms with E-state index < -0.39 is 0 Å². The number of aromatic nitrogens is 1. The maximum atomic E-state index is 12.5. The van der Waals surface area contributed by atoms with E-state index in [1.165, 1.54) is 12.0 Å². The van der Waals surface area contributed by atoms with Crippen molar-refractivity contribution in [3.63, 3.8) is 0 Å². The molecule has 2 aromatic rings. The molecule has 1 amide bonds. The molecule has 0 saturated carbocycles. The molecule has 0 atom stereocenters. The Balaban J connectivity index is 1.46. The molecule has 1 fully saturated rings. The first kappa shape index (κ1) is 16.7. The highest BCUT2D eigenvalue weighted by molar-refractivity contribution is 5.93. The van der Waals surface area contributed by atoms with Crippen molar-refractivity contribution in [2.24, 2.45) is 0 Å². The maximum absolute atomic E-state index is 12.5. The van der Waals surface area contributed by atoms with Crippen molar-refractivity contribution in [2.45, 2.75) is 26.2 Å². The molecule has 1 aliphatic rings. The van der Waals surface area contributed by atoms with Gasteiger partial charge in [-0.05, 0) is 44.8 Å². The first-order valence-electron chi connectivity index (χ1n) is 8.69. The molecular weight excluding hydrogens is 302 g/mol. The summed E-state index contributed by atoms with van der Waals surface area (Å²) in [5, 5.41) is 0. The van der Waals surface area contributed by atoms with E-state index in [0.717, 1.165) is 52.0 Å². The molecular formula is C19H25N3O2. The summed E-state index contributed by atoms with van der Waals surface area (Å²) in [5.74, 6) is 0.594. The highest BCUT2D eigenvalue weighted by Gasteiger charge is 2.23. The monoisotopic (exact) mass is 327 g/mol. The Morgan fingerprint density at radius 2 is 2.00 bits per heavy atom. The average molecular weight is 327 g/mol. The number of rotatable bonds is 5. The van der Waals surface area contributed by atoms with Crippen LogP contribution in [-0.2, 0) is 6.42 Å². The number of carbonyl (C=O) groups excluding carboxylic acids is 1. The number of hydrogen-bond acceptors (Lipinski definition) is 4. The lowest BCUT2D eigenvalue weighted by molar-refractivity contribution is 0.0754. The molecule has 5 nitrogen and oxygen atoms in total. The van der Waals surface area contributed by atoms with Gasteiger partial charge in [0.15, 0.2) is 12.1 Å². The molecule has 0 N–H and O–H groups in total. The SMILES string of the molecule is Cc1ocnc1C(=O)N1CCCN(CCCc2ccccc2)CC1. The van der Waals surface area contributed by atoms with Gasteiger partial charge in [0.1, 0.15) is 5.76 Å². The third-order valence-corrected chi connectivity index (χ3v) is 4.61. The van der Waals surface area contributed by atoms with Gasteiger partial charge in [0.2, 0.25) is 0 Å². The summed E-state index contributed by atoms with van der Waals surface area (Å²) < 4.78 is 5.15. The molecule has 0 aliphatic carbocycles. The number of oxazole rings is 1. The number of hydrogen-bond donors (Lipinski definition) is 0. The van der Waals surface area contributed by atoms with Crippen molar-refractivity contribution in [1.29, 1.82) is 0 Å².